The largest absolute Gasteiger partial charge is 1.00 e. The Kier molecular flexibility index (Phi) is 6.81. The van der Waals surface area contributed by atoms with E-state index in [0.29, 0.717) is 10.9 Å². The second-order valence-electron chi connectivity index (χ2n) is 10.2. The molecule has 0 radical (unpaired) electrons. The van der Waals surface area contributed by atoms with Crippen molar-refractivity contribution in [2.75, 3.05) is 0 Å². The second-order valence-corrected chi connectivity index (χ2v) is 11.5. The van der Waals surface area contributed by atoms with Crippen LogP contribution in [0.2, 0.25) is 0 Å². The fourth-order valence-corrected chi connectivity index (χ4v) is 5.02. The van der Waals surface area contributed by atoms with Gasteiger partial charge in [0.2, 0.25) is 0 Å². The minimum absolute atomic E-state index is 0. The van der Waals surface area contributed by atoms with Gasteiger partial charge in [-0.25, -0.2) is 8.42 Å². The van der Waals surface area contributed by atoms with Gasteiger partial charge in [0.15, 0.2) is 0 Å². The molecule has 0 fully saturated rings. The van der Waals surface area contributed by atoms with Gasteiger partial charge in [-0.1, -0.05) is 86.6 Å². The summed E-state index contributed by atoms with van der Waals surface area (Å²) < 4.78 is 37.2. The molecule has 2 rings (SSSR count). The van der Waals surface area contributed by atoms with E-state index < -0.39 is 15.5 Å². The van der Waals surface area contributed by atoms with Crippen molar-refractivity contribution in [1.29, 1.82) is 0 Å². The van der Waals surface area contributed by atoms with E-state index in [1.165, 1.54) is 0 Å². The van der Waals surface area contributed by atoms with Crippen LogP contribution in [0.25, 0.3) is 10.8 Å². The standard InChI is InChI=1S/C22H32O3S.Na/c1-20(2,3)16-14-12-10-11-13-15(14)19(26(23,24)25)18(22(7,8)9)17(16)21(4,5)6;/h10-13H,1-9H3,(H,23,24,25);/q;+1/p-1. The first-order valence-corrected chi connectivity index (χ1v) is 10.4. The Morgan fingerprint density at radius 1 is 0.667 bits per heavy atom. The predicted molar refractivity (Wildman–Crippen MR) is 108 cm³/mol. The molecule has 5 heteroatoms. The third-order valence-corrected chi connectivity index (χ3v) is 5.59. The van der Waals surface area contributed by atoms with Crippen molar-refractivity contribution in [1.82, 2.24) is 0 Å². The molecule has 0 bridgehead atoms. The molecule has 0 aliphatic heterocycles. The van der Waals surface area contributed by atoms with Crippen LogP contribution >= 0.6 is 0 Å². The summed E-state index contributed by atoms with van der Waals surface area (Å²) in [5, 5.41) is 1.39. The summed E-state index contributed by atoms with van der Waals surface area (Å²) in [6, 6.07) is 7.40. The third kappa shape index (κ3) is 4.79. The molecule has 0 aliphatic carbocycles. The smallest absolute Gasteiger partial charge is 0.744 e. The fourth-order valence-electron chi connectivity index (χ4n) is 3.91. The Morgan fingerprint density at radius 2 is 1.04 bits per heavy atom. The summed E-state index contributed by atoms with van der Waals surface area (Å²) in [7, 11) is -4.64. The molecule has 0 amide bonds. The summed E-state index contributed by atoms with van der Waals surface area (Å²) in [6.07, 6.45) is 0. The van der Waals surface area contributed by atoms with E-state index >= 15 is 0 Å². The van der Waals surface area contributed by atoms with Crippen LogP contribution in [0, 0.1) is 0 Å². The molecule has 0 saturated carbocycles. The van der Waals surface area contributed by atoms with Gasteiger partial charge < -0.3 is 4.55 Å². The van der Waals surface area contributed by atoms with Gasteiger partial charge in [-0.15, -0.1) is 0 Å². The van der Waals surface area contributed by atoms with Gasteiger partial charge in [-0.05, 0) is 43.7 Å². The van der Waals surface area contributed by atoms with Crippen molar-refractivity contribution in [3.8, 4) is 0 Å². The zero-order chi connectivity index (χ0) is 20.3. The molecule has 3 nitrogen and oxygen atoms in total. The summed E-state index contributed by atoms with van der Waals surface area (Å²) in [4.78, 5) is -0.0569. The summed E-state index contributed by atoms with van der Waals surface area (Å²) in [5.74, 6) is 0. The van der Waals surface area contributed by atoms with Crippen molar-refractivity contribution in [2.45, 2.75) is 83.5 Å². The molecule has 144 valence electrons. The van der Waals surface area contributed by atoms with Gasteiger partial charge in [-0.2, -0.15) is 0 Å². The van der Waals surface area contributed by atoms with E-state index in [2.05, 4.69) is 41.5 Å². The van der Waals surface area contributed by atoms with E-state index in [0.717, 1.165) is 16.5 Å². The van der Waals surface area contributed by atoms with Gasteiger partial charge in [0.05, 0.1) is 4.90 Å². The molecular formula is C22H31NaO3S. The first-order chi connectivity index (χ1) is 11.5. The van der Waals surface area contributed by atoms with Crippen LogP contribution in [0.15, 0.2) is 29.2 Å². The summed E-state index contributed by atoms with van der Waals surface area (Å²) in [6.45, 7) is 18.6. The topological polar surface area (TPSA) is 57.2 Å². The first kappa shape index (κ1) is 24.6. The minimum Gasteiger partial charge on any atom is -0.744 e. The molecule has 0 aliphatic rings. The number of hydrogen-bond acceptors (Lipinski definition) is 3. The fraction of sp³-hybridized carbons (Fsp3) is 0.545. The Morgan fingerprint density at radius 3 is 1.37 bits per heavy atom. The van der Waals surface area contributed by atoms with Gasteiger partial charge in [-0.3, -0.25) is 0 Å². The zero-order valence-corrected chi connectivity index (χ0v) is 21.3. The zero-order valence-electron chi connectivity index (χ0n) is 18.4. The monoisotopic (exact) mass is 398 g/mol. The van der Waals surface area contributed by atoms with Crippen molar-refractivity contribution in [3.63, 3.8) is 0 Å². The Hall–Kier alpha value is -0.390. The van der Waals surface area contributed by atoms with Crippen LogP contribution in [0.3, 0.4) is 0 Å². The summed E-state index contributed by atoms with van der Waals surface area (Å²) >= 11 is 0. The minimum atomic E-state index is -4.64. The maximum Gasteiger partial charge on any atom is 1.00 e. The maximum atomic E-state index is 12.4. The van der Waals surface area contributed by atoms with E-state index in [-0.39, 0.29) is 45.3 Å². The number of benzene rings is 2. The van der Waals surface area contributed by atoms with Gasteiger partial charge in [0, 0.05) is 0 Å². The normalized spacial score (nSPS) is 13.6. The van der Waals surface area contributed by atoms with Crippen LogP contribution in [0.1, 0.15) is 79.0 Å². The molecule has 2 aromatic carbocycles. The average Bonchev–Trinajstić information content (AvgIpc) is 2.40. The van der Waals surface area contributed by atoms with Gasteiger partial charge in [0.1, 0.15) is 10.1 Å². The van der Waals surface area contributed by atoms with Crippen LogP contribution in [-0.4, -0.2) is 13.0 Å². The third-order valence-electron chi connectivity index (χ3n) is 4.67. The van der Waals surface area contributed by atoms with Crippen LogP contribution in [0.5, 0.6) is 0 Å². The maximum absolute atomic E-state index is 12.4. The average molecular weight is 399 g/mol. The molecule has 0 atom stereocenters. The van der Waals surface area contributed by atoms with E-state index in [9.17, 15) is 13.0 Å². The summed E-state index contributed by atoms with van der Waals surface area (Å²) in [5.41, 5.74) is 1.76. The van der Waals surface area contributed by atoms with Crippen molar-refractivity contribution < 1.29 is 42.5 Å². The van der Waals surface area contributed by atoms with E-state index in [4.69, 9.17) is 0 Å². The van der Waals surface area contributed by atoms with E-state index in [1.807, 2.05) is 32.9 Å². The predicted octanol–water partition coefficient (Wildman–Crippen LogP) is 2.64. The Labute approximate surface area is 187 Å². The molecule has 0 spiro atoms. The van der Waals surface area contributed by atoms with E-state index in [1.54, 1.807) is 12.1 Å². The number of rotatable bonds is 1. The molecule has 0 saturated heterocycles. The Balaban J connectivity index is 0.00000364. The molecule has 0 heterocycles. The van der Waals surface area contributed by atoms with Crippen molar-refractivity contribution in [3.05, 3.63) is 41.0 Å². The molecule has 27 heavy (non-hydrogen) atoms. The quantitative estimate of drug-likeness (QED) is 0.548. The SMILES string of the molecule is CC(C)(C)c1c(C(C)(C)C)c(S(=O)(=O)[O-])c2ccccc2c1C(C)(C)C.[Na+]. The number of fused-ring (bicyclic) bond motifs is 1. The number of hydrogen-bond donors (Lipinski definition) is 0. The van der Waals surface area contributed by atoms with Gasteiger partial charge in [0.25, 0.3) is 0 Å². The molecule has 0 unspecified atom stereocenters. The van der Waals surface area contributed by atoms with Crippen LogP contribution in [-0.2, 0) is 26.4 Å². The molecule has 0 N–H and O–H groups in total. The second kappa shape index (κ2) is 7.46. The molecule has 2 aromatic rings. The van der Waals surface area contributed by atoms with Gasteiger partial charge >= 0.3 is 29.6 Å². The van der Waals surface area contributed by atoms with Crippen LogP contribution < -0.4 is 29.6 Å². The molecule has 0 aromatic heterocycles. The Bertz CT molecular complexity index is 954. The van der Waals surface area contributed by atoms with Crippen molar-refractivity contribution >= 4 is 20.9 Å². The molecular weight excluding hydrogens is 367 g/mol. The first-order valence-electron chi connectivity index (χ1n) is 9.03. The van der Waals surface area contributed by atoms with Crippen LogP contribution in [0.4, 0.5) is 0 Å². The van der Waals surface area contributed by atoms with Crippen molar-refractivity contribution in [2.24, 2.45) is 0 Å².